The van der Waals surface area contributed by atoms with Crippen LogP contribution in [-0.4, -0.2) is 45.0 Å². The number of carbonyl (C=O) groups is 1. The Labute approximate surface area is 211 Å². The van der Waals surface area contributed by atoms with E-state index in [1.807, 2.05) is 29.2 Å². The van der Waals surface area contributed by atoms with Gasteiger partial charge in [0.2, 0.25) is 5.91 Å². The zero-order chi connectivity index (χ0) is 24.0. The molecular formula is C27H33N5O2S. The predicted molar refractivity (Wildman–Crippen MR) is 139 cm³/mol. The van der Waals surface area contributed by atoms with Crippen molar-refractivity contribution in [2.45, 2.75) is 62.8 Å². The Kier molecular flexibility index (Phi) is 7.57. The quantitative estimate of drug-likeness (QED) is 0.443. The van der Waals surface area contributed by atoms with E-state index in [4.69, 9.17) is 4.74 Å². The molecule has 0 radical (unpaired) electrons. The first kappa shape index (κ1) is 23.7. The van der Waals surface area contributed by atoms with E-state index in [0.29, 0.717) is 24.9 Å². The number of methoxy groups -OCH3 is 1. The summed E-state index contributed by atoms with van der Waals surface area (Å²) in [6.45, 7) is 2.05. The molecule has 184 valence electrons. The van der Waals surface area contributed by atoms with E-state index < -0.39 is 0 Å². The van der Waals surface area contributed by atoms with Crippen LogP contribution in [0.15, 0.2) is 53.7 Å². The van der Waals surface area contributed by atoms with E-state index in [2.05, 4.69) is 44.3 Å². The van der Waals surface area contributed by atoms with E-state index >= 15 is 0 Å². The van der Waals surface area contributed by atoms with Crippen molar-refractivity contribution in [3.8, 4) is 5.75 Å². The number of benzene rings is 2. The van der Waals surface area contributed by atoms with Crippen LogP contribution in [0.25, 0.3) is 0 Å². The highest BCUT2D eigenvalue weighted by Crippen LogP contribution is 2.33. The Morgan fingerprint density at radius 2 is 1.91 bits per heavy atom. The van der Waals surface area contributed by atoms with E-state index in [1.165, 1.54) is 42.2 Å². The Hall–Kier alpha value is -3.00. The number of thioether (sulfide) groups is 1. The zero-order valence-electron chi connectivity index (χ0n) is 20.3. The maximum absolute atomic E-state index is 13.1. The summed E-state index contributed by atoms with van der Waals surface area (Å²) in [7, 11) is 1.67. The summed E-state index contributed by atoms with van der Waals surface area (Å²) < 4.78 is 7.63. The van der Waals surface area contributed by atoms with Crippen molar-refractivity contribution in [1.82, 2.24) is 19.7 Å². The molecule has 0 bridgehead atoms. The lowest BCUT2D eigenvalue weighted by atomic mass is 9.95. The lowest BCUT2D eigenvalue weighted by molar-refractivity contribution is -0.129. The number of nitrogens with zero attached hydrogens (tertiary/aromatic N) is 4. The molecule has 3 aromatic rings. The molecule has 0 unspecified atom stereocenters. The Bertz CT molecular complexity index is 1160. The van der Waals surface area contributed by atoms with E-state index in [0.717, 1.165) is 48.2 Å². The van der Waals surface area contributed by atoms with Crippen molar-refractivity contribution in [3.63, 3.8) is 0 Å². The number of carbonyl (C=O) groups excluding carboxylic acids is 1. The maximum atomic E-state index is 13.1. The third kappa shape index (κ3) is 5.64. The number of fused-ring (bicyclic) bond motifs is 1. The summed E-state index contributed by atoms with van der Waals surface area (Å²) in [5, 5.41) is 13.4. The Morgan fingerprint density at radius 1 is 1.09 bits per heavy atom. The van der Waals surface area contributed by atoms with E-state index in [-0.39, 0.29) is 5.91 Å². The number of rotatable bonds is 8. The van der Waals surface area contributed by atoms with Crippen molar-refractivity contribution >= 4 is 23.4 Å². The zero-order valence-corrected chi connectivity index (χ0v) is 21.1. The lowest BCUT2D eigenvalue weighted by Crippen LogP contribution is -2.37. The van der Waals surface area contributed by atoms with Gasteiger partial charge in [0.25, 0.3) is 0 Å². The second-order valence-corrected chi connectivity index (χ2v) is 10.2. The molecule has 1 saturated carbocycles. The first-order chi connectivity index (χ1) is 17.2. The van der Waals surface area contributed by atoms with Crippen LogP contribution >= 0.6 is 11.8 Å². The number of hydrogen-bond donors (Lipinski definition) is 1. The van der Waals surface area contributed by atoms with Crippen LogP contribution in [-0.2, 0) is 24.3 Å². The summed E-state index contributed by atoms with van der Waals surface area (Å²) in [6.07, 6.45) is 6.92. The van der Waals surface area contributed by atoms with Crippen molar-refractivity contribution in [2.75, 3.05) is 24.7 Å². The van der Waals surface area contributed by atoms with Gasteiger partial charge in [0.05, 0.1) is 19.4 Å². The van der Waals surface area contributed by atoms with Gasteiger partial charge in [-0.05, 0) is 42.5 Å². The second-order valence-electron chi connectivity index (χ2n) is 9.27. The molecule has 0 atom stereocenters. The summed E-state index contributed by atoms with van der Waals surface area (Å²) in [6, 6.07) is 16.7. The number of nitrogens with one attached hydrogen (secondary N) is 1. The lowest BCUT2D eigenvalue weighted by Gasteiger charge is -2.29. The molecule has 2 aliphatic rings. The molecule has 5 rings (SSSR count). The molecule has 8 heteroatoms. The smallest absolute Gasteiger partial charge is 0.233 e. The minimum Gasteiger partial charge on any atom is -0.497 e. The largest absolute Gasteiger partial charge is 0.497 e. The number of anilines is 1. The predicted octanol–water partition coefficient (Wildman–Crippen LogP) is 5.08. The highest BCUT2D eigenvalue weighted by atomic mass is 32.2. The molecule has 35 heavy (non-hydrogen) atoms. The van der Waals surface area contributed by atoms with Gasteiger partial charge >= 0.3 is 0 Å². The van der Waals surface area contributed by atoms with Gasteiger partial charge in [0, 0.05) is 30.9 Å². The van der Waals surface area contributed by atoms with Crippen molar-refractivity contribution in [3.05, 3.63) is 65.5 Å². The van der Waals surface area contributed by atoms with E-state index in [9.17, 15) is 4.79 Å². The third-order valence-corrected chi connectivity index (χ3v) is 7.93. The van der Waals surface area contributed by atoms with Gasteiger partial charge in [0.15, 0.2) is 11.0 Å². The van der Waals surface area contributed by atoms with Crippen LogP contribution in [0.2, 0.25) is 0 Å². The molecule has 0 saturated heterocycles. The Morgan fingerprint density at radius 3 is 2.74 bits per heavy atom. The van der Waals surface area contributed by atoms with Crippen LogP contribution in [0.5, 0.6) is 5.75 Å². The molecule has 7 nitrogen and oxygen atoms in total. The molecule has 1 amide bonds. The number of amides is 1. The molecule has 0 spiro atoms. The number of aromatic nitrogens is 3. The first-order valence-corrected chi connectivity index (χ1v) is 13.5. The third-order valence-electron chi connectivity index (χ3n) is 7.00. The number of ether oxygens (including phenoxy) is 1. The summed E-state index contributed by atoms with van der Waals surface area (Å²) in [5.74, 6) is 2.29. The van der Waals surface area contributed by atoms with Crippen LogP contribution in [0.3, 0.4) is 0 Å². The van der Waals surface area contributed by atoms with Crippen LogP contribution in [0, 0.1) is 0 Å². The maximum Gasteiger partial charge on any atom is 0.233 e. The van der Waals surface area contributed by atoms with Crippen molar-refractivity contribution < 1.29 is 9.53 Å². The van der Waals surface area contributed by atoms with Gasteiger partial charge in [-0.3, -0.25) is 4.79 Å². The molecule has 2 aromatic carbocycles. The molecule has 2 heterocycles. The standard InChI is InChI=1S/C27H33N5O2S/c1-34-24-13-7-10-22(16-24)28-17-25-29-30-27(32(25)23-11-3-2-4-12-23)35-19-26(33)31-15-14-20-8-5-6-9-21(20)18-31/h5-10,13,16,23,28H,2-4,11-12,14-15,17-19H2,1H3. The molecule has 1 aliphatic carbocycles. The Balaban J connectivity index is 1.27. The molecule has 1 fully saturated rings. The minimum atomic E-state index is 0.166. The van der Waals surface area contributed by atoms with Crippen LogP contribution in [0.1, 0.15) is 55.1 Å². The van der Waals surface area contributed by atoms with Gasteiger partial charge in [-0.25, -0.2) is 0 Å². The summed E-state index contributed by atoms with van der Waals surface area (Å²) in [4.78, 5) is 15.0. The normalized spacial score (nSPS) is 16.1. The van der Waals surface area contributed by atoms with Gasteiger partial charge in [-0.1, -0.05) is 61.4 Å². The first-order valence-electron chi connectivity index (χ1n) is 12.5. The van der Waals surface area contributed by atoms with Crippen LogP contribution < -0.4 is 10.1 Å². The fraction of sp³-hybridized carbons (Fsp3) is 0.444. The molecule has 1 aromatic heterocycles. The summed E-state index contributed by atoms with van der Waals surface area (Å²) in [5.41, 5.74) is 3.60. The van der Waals surface area contributed by atoms with Gasteiger partial charge in [-0.2, -0.15) is 0 Å². The summed E-state index contributed by atoms with van der Waals surface area (Å²) >= 11 is 1.52. The van der Waals surface area contributed by atoms with Gasteiger partial charge in [0.1, 0.15) is 5.75 Å². The van der Waals surface area contributed by atoms with Crippen molar-refractivity contribution in [2.24, 2.45) is 0 Å². The topological polar surface area (TPSA) is 72.3 Å². The van der Waals surface area contributed by atoms with Crippen molar-refractivity contribution in [1.29, 1.82) is 0 Å². The fourth-order valence-electron chi connectivity index (χ4n) is 5.07. The molecular weight excluding hydrogens is 458 g/mol. The highest BCUT2D eigenvalue weighted by molar-refractivity contribution is 7.99. The SMILES string of the molecule is COc1cccc(NCc2nnc(SCC(=O)N3CCc4ccccc4C3)n2C2CCCCC2)c1. The van der Waals surface area contributed by atoms with Crippen LogP contribution in [0.4, 0.5) is 5.69 Å². The highest BCUT2D eigenvalue weighted by Gasteiger charge is 2.25. The molecule has 1 N–H and O–H groups in total. The average molecular weight is 492 g/mol. The van der Waals surface area contributed by atoms with E-state index in [1.54, 1.807) is 7.11 Å². The minimum absolute atomic E-state index is 0.166. The fourth-order valence-corrected chi connectivity index (χ4v) is 6.00. The molecule has 1 aliphatic heterocycles. The van der Waals surface area contributed by atoms with Gasteiger partial charge in [-0.15, -0.1) is 10.2 Å². The van der Waals surface area contributed by atoms with Gasteiger partial charge < -0.3 is 19.5 Å². The monoisotopic (exact) mass is 491 g/mol. The number of hydrogen-bond acceptors (Lipinski definition) is 6. The second kappa shape index (κ2) is 11.2. The average Bonchev–Trinajstić information content (AvgIpc) is 3.33.